The number of ether oxygens (including phenoxy) is 3. The van der Waals surface area contributed by atoms with E-state index in [0.717, 1.165) is 0 Å². The van der Waals surface area contributed by atoms with E-state index in [0.29, 0.717) is 12.0 Å². The van der Waals surface area contributed by atoms with Gasteiger partial charge in [-0.05, 0) is 31.6 Å². The van der Waals surface area contributed by atoms with Gasteiger partial charge < -0.3 is 19.5 Å². The number of amides is 1. The van der Waals surface area contributed by atoms with Crippen LogP contribution in [0, 0.1) is 16.7 Å². The second-order valence-electron chi connectivity index (χ2n) is 8.42. The molecule has 0 aliphatic heterocycles. The van der Waals surface area contributed by atoms with Crippen LogP contribution < -0.4 is 5.32 Å². The highest BCUT2D eigenvalue weighted by Crippen LogP contribution is 2.40. The van der Waals surface area contributed by atoms with Crippen molar-refractivity contribution in [2.24, 2.45) is 16.7 Å². The molecular formula is C20H35NO6. The zero-order chi connectivity index (χ0) is 21.3. The largest absolute Gasteiger partial charge is 0.462 e. The van der Waals surface area contributed by atoms with Crippen molar-refractivity contribution < 1.29 is 28.6 Å². The van der Waals surface area contributed by atoms with E-state index in [-0.39, 0.29) is 43.7 Å². The normalized spacial score (nSPS) is 13.5. The summed E-state index contributed by atoms with van der Waals surface area (Å²) in [7, 11) is 0. The molecule has 1 unspecified atom stereocenters. The first kappa shape index (κ1) is 24.9. The van der Waals surface area contributed by atoms with Crippen LogP contribution in [0.1, 0.15) is 54.9 Å². The summed E-state index contributed by atoms with van der Waals surface area (Å²) in [5, 5.41) is 2.44. The first-order valence-electron chi connectivity index (χ1n) is 9.20. The second-order valence-corrected chi connectivity index (χ2v) is 8.42. The molecule has 0 aliphatic rings. The van der Waals surface area contributed by atoms with Gasteiger partial charge in [-0.25, -0.2) is 9.59 Å². The van der Waals surface area contributed by atoms with Crippen LogP contribution in [-0.4, -0.2) is 44.4 Å². The predicted octanol–water partition coefficient (Wildman–Crippen LogP) is 3.47. The molecule has 0 saturated carbocycles. The topological polar surface area (TPSA) is 90.9 Å². The zero-order valence-corrected chi connectivity index (χ0v) is 17.8. The third kappa shape index (κ3) is 10.0. The molecule has 0 saturated heterocycles. The van der Waals surface area contributed by atoms with E-state index in [4.69, 9.17) is 14.2 Å². The van der Waals surface area contributed by atoms with Crippen LogP contribution in [0.25, 0.3) is 0 Å². The number of carbonyl (C=O) groups excluding carboxylic acids is 3. The Morgan fingerprint density at radius 3 is 2.00 bits per heavy atom. The van der Waals surface area contributed by atoms with Gasteiger partial charge in [-0.15, -0.1) is 0 Å². The molecule has 1 N–H and O–H groups in total. The van der Waals surface area contributed by atoms with Gasteiger partial charge in [0.05, 0.1) is 12.0 Å². The van der Waals surface area contributed by atoms with E-state index < -0.39 is 17.5 Å². The summed E-state index contributed by atoms with van der Waals surface area (Å²) in [5.41, 5.74) is -0.324. The Labute approximate surface area is 162 Å². The lowest BCUT2D eigenvalue weighted by Crippen LogP contribution is -2.39. The maximum absolute atomic E-state index is 12.5. The molecule has 0 bridgehead atoms. The number of nitrogens with one attached hydrogen (secondary N) is 1. The molecule has 1 amide bonds. The molecule has 0 aromatic heterocycles. The summed E-state index contributed by atoms with van der Waals surface area (Å²) < 4.78 is 15.1. The fourth-order valence-corrected chi connectivity index (χ4v) is 2.52. The van der Waals surface area contributed by atoms with Crippen molar-refractivity contribution in [1.82, 2.24) is 5.32 Å². The molecule has 0 aliphatic carbocycles. The van der Waals surface area contributed by atoms with Gasteiger partial charge in [0.15, 0.2) is 0 Å². The first-order valence-corrected chi connectivity index (χ1v) is 9.20. The van der Waals surface area contributed by atoms with Crippen molar-refractivity contribution in [2.45, 2.75) is 54.9 Å². The van der Waals surface area contributed by atoms with Crippen LogP contribution >= 0.6 is 0 Å². The minimum absolute atomic E-state index is 0.0106. The molecule has 0 spiro atoms. The monoisotopic (exact) mass is 385 g/mol. The number of rotatable bonds is 10. The molecule has 0 radical (unpaired) electrons. The van der Waals surface area contributed by atoms with E-state index >= 15 is 0 Å². The quantitative estimate of drug-likeness (QED) is 0.268. The van der Waals surface area contributed by atoms with Crippen molar-refractivity contribution >= 4 is 18.0 Å². The van der Waals surface area contributed by atoms with Gasteiger partial charge in [-0.2, -0.15) is 0 Å². The number of hydrogen-bond acceptors (Lipinski definition) is 6. The van der Waals surface area contributed by atoms with Crippen molar-refractivity contribution in [3.8, 4) is 0 Å². The average Bonchev–Trinajstić information content (AvgIpc) is 2.53. The molecule has 156 valence electrons. The minimum atomic E-state index is -0.668. The summed E-state index contributed by atoms with van der Waals surface area (Å²) in [4.78, 5) is 35.2. The molecule has 0 aromatic carbocycles. The zero-order valence-electron chi connectivity index (χ0n) is 17.8. The summed E-state index contributed by atoms with van der Waals surface area (Å²) in [6.07, 6.45) is 0.0273. The van der Waals surface area contributed by atoms with E-state index in [2.05, 4.69) is 32.7 Å². The highest BCUT2D eigenvalue weighted by Gasteiger charge is 2.41. The van der Waals surface area contributed by atoms with E-state index in [1.807, 2.05) is 20.8 Å². The van der Waals surface area contributed by atoms with Crippen LogP contribution in [0.3, 0.4) is 0 Å². The molecule has 0 rings (SSSR count). The van der Waals surface area contributed by atoms with Crippen molar-refractivity contribution in [2.75, 3.05) is 26.4 Å². The van der Waals surface area contributed by atoms with Gasteiger partial charge in [-0.1, -0.05) is 41.2 Å². The first-order chi connectivity index (χ1) is 12.3. The smallest absolute Gasteiger partial charge is 0.407 e. The van der Waals surface area contributed by atoms with Crippen LogP contribution in [0.15, 0.2) is 12.2 Å². The van der Waals surface area contributed by atoms with Crippen LogP contribution in [0.4, 0.5) is 4.79 Å². The van der Waals surface area contributed by atoms with Gasteiger partial charge >= 0.3 is 18.0 Å². The summed E-state index contributed by atoms with van der Waals surface area (Å²) in [6, 6.07) is 0. The maximum atomic E-state index is 12.5. The molecule has 0 heterocycles. The summed E-state index contributed by atoms with van der Waals surface area (Å²) >= 11 is 0. The molecule has 7 heteroatoms. The van der Waals surface area contributed by atoms with E-state index in [1.54, 1.807) is 0 Å². The van der Waals surface area contributed by atoms with Crippen molar-refractivity contribution in [3.63, 3.8) is 0 Å². The van der Waals surface area contributed by atoms with Crippen molar-refractivity contribution in [3.05, 3.63) is 12.2 Å². The van der Waals surface area contributed by atoms with Gasteiger partial charge in [0.25, 0.3) is 0 Å². The lowest BCUT2D eigenvalue weighted by molar-refractivity contribution is -0.161. The third-order valence-electron chi connectivity index (χ3n) is 4.14. The minimum Gasteiger partial charge on any atom is -0.462 e. The third-order valence-corrected chi connectivity index (χ3v) is 4.14. The van der Waals surface area contributed by atoms with Crippen LogP contribution in [0.2, 0.25) is 0 Å². The second kappa shape index (κ2) is 10.9. The van der Waals surface area contributed by atoms with Gasteiger partial charge in [0.1, 0.15) is 19.8 Å². The van der Waals surface area contributed by atoms with Crippen LogP contribution in [-0.2, 0) is 23.8 Å². The summed E-state index contributed by atoms with van der Waals surface area (Å²) in [5.74, 6) is -0.681. The lowest BCUT2D eigenvalue weighted by atomic mass is 9.69. The predicted molar refractivity (Wildman–Crippen MR) is 103 cm³/mol. The fraction of sp³-hybridized carbons (Fsp3) is 0.750. The highest BCUT2D eigenvalue weighted by molar-refractivity contribution is 5.86. The molecule has 0 aromatic rings. The van der Waals surface area contributed by atoms with Crippen LogP contribution in [0.5, 0.6) is 0 Å². The number of alkyl carbamates (subject to hydrolysis) is 1. The Hall–Kier alpha value is -2.05. The average molecular weight is 386 g/mol. The fourth-order valence-electron chi connectivity index (χ4n) is 2.52. The number of carbonyl (C=O) groups is 3. The Morgan fingerprint density at radius 1 is 0.963 bits per heavy atom. The Kier molecular flexibility index (Phi) is 10.1. The molecule has 27 heavy (non-hydrogen) atoms. The maximum Gasteiger partial charge on any atom is 0.407 e. The van der Waals surface area contributed by atoms with Gasteiger partial charge in [0.2, 0.25) is 0 Å². The number of esters is 2. The highest BCUT2D eigenvalue weighted by atomic mass is 16.6. The Morgan fingerprint density at radius 2 is 1.52 bits per heavy atom. The molecular weight excluding hydrogens is 350 g/mol. The molecule has 0 fully saturated rings. The molecule has 1 atom stereocenters. The lowest BCUT2D eigenvalue weighted by Gasteiger charge is -2.36. The van der Waals surface area contributed by atoms with E-state index in [9.17, 15) is 14.4 Å². The Bertz CT molecular complexity index is 535. The van der Waals surface area contributed by atoms with Crippen molar-refractivity contribution in [1.29, 1.82) is 0 Å². The number of hydrogen-bond donors (Lipinski definition) is 1. The standard InChI is InChI=1S/C20H35NO6/c1-14(2)16(22)25-10-9-21-18(24)27-12-11-26-17(23)20(8,15(3)4)13-19(5,6)7/h15H,1,9-13H2,2-8H3,(H,21,24). The summed E-state index contributed by atoms with van der Waals surface area (Å²) in [6.45, 7) is 17.2. The SMILES string of the molecule is C=C(C)C(=O)OCCNC(=O)OCCOC(=O)C(C)(CC(C)(C)C)C(C)C. The van der Waals surface area contributed by atoms with Gasteiger partial charge in [-0.3, -0.25) is 4.79 Å². The van der Waals surface area contributed by atoms with E-state index in [1.165, 1.54) is 6.92 Å². The Balaban J connectivity index is 4.17. The van der Waals surface area contributed by atoms with Gasteiger partial charge in [0, 0.05) is 5.57 Å². The molecule has 7 nitrogen and oxygen atoms in total.